The van der Waals surface area contributed by atoms with Gasteiger partial charge in [-0.1, -0.05) is 39.8 Å². The molecule has 2 saturated carbocycles. The smallest absolute Gasteiger partial charge is 0.0692 e. The fraction of sp³-hybridized carbons (Fsp3) is 0.882. The molecule has 104 valence electrons. The summed E-state index contributed by atoms with van der Waals surface area (Å²) in [6.07, 6.45) is 9.58. The van der Waals surface area contributed by atoms with Gasteiger partial charge in [0.25, 0.3) is 0 Å². The van der Waals surface area contributed by atoms with Crippen LogP contribution >= 0.6 is 0 Å². The molecule has 0 amide bonds. The number of hydrogen-bond acceptors (Lipinski definition) is 1. The molecule has 1 N–H and O–H groups in total. The maximum atomic E-state index is 9.52. The van der Waals surface area contributed by atoms with E-state index in [2.05, 4.69) is 33.8 Å². The van der Waals surface area contributed by atoms with Gasteiger partial charge in [0, 0.05) is 0 Å². The van der Waals surface area contributed by atoms with Crippen LogP contribution in [0.4, 0.5) is 0 Å². The van der Waals surface area contributed by atoms with E-state index in [0.29, 0.717) is 16.7 Å². The summed E-state index contributed by atoms with van der Waals surface area (Å²) in [6.45, 7) is 11.5. The van der Waals surface area contributed by atoms with Crippen molar-refractivity contribution in [3.63, 3.8) is 0 Å². The molecular formula is C17H30O. The predicted octanol–water partition coefficient (Wildman–Crippen LogP) is 4.41. The van der Waals surface area contributed by atoms with Crippen LogP contribution < -0.4 is 0 Å². The van der Waals surface area contributed by atoms with Crippen LogP contribution in [0.5, 0.6) is 0 Å². The van der Waals surface area contributed by atoms with Crippen LogP contribution in [-0.4, -0.2) is 11.2 Å². The molecule has 2 aliphatic carbocycles. The monoisotopic (exact) mass is 250 g/mol. The molecule has 0 saturated heterocycles. The second kappa shape index (κ2) is 4.67. The van der Waals surface area contributed by atoms with Crippen LogP contribution in [0.15, 0.2) is 12.2 Å². The molecule has 2 rings (SSSR count). The van der Waals surface area contributed by atoms with E-state index in [0.717, 1.165) is 11.8 Å². The lowest BCUT2D eigenvalue weighted by molar-refractivity contribution is -0.0167. The van der Waals surface area contributed by atoms with E-state index >= 15 is 0 Å². The van der Waals surface area contributed by atoms with E-state index in [1.807, 2.05) is 13.0 Å². The highest BCUT2D eigenvalue weighted by Crippen LogP contribution is 2.60. The third kappa shape index (κ3) is 2.66. The molecule has 3 atom stereocenters. The number of aliphatic hydroxyl groups is 1. The topological polar surface area (TPSA) is 20.2 Å². The van der Waals surface area contributed by atoms with Crippen molar-refractivity contribution < 1.29 is 5.11 Å². The largest absolute Gasteiger partial charge is 0.389 e. The van der Waals surface area contributed by atoms with Gasteiger partial charge in [0.2, 0.25) is 0 Å². The van der Waals surface area contributed by atoms with Gasteiger partial charge in [-0.3, -0.25) is 0 Å². The van der Waals surface area contributed by atoms with Crippen LogP contribution in [0.3, 0.4) is 0 Å². The molecule has 18 heavy (non-hydrogen) atoms. The Morgan fingerprint density at radius 1 is 1.11 bits per heavy atom. The Morgan fingerprint density at radius 3 is 2.22 bits per heavy atom. The first kappa shape index (κ1) is 14.1. The Kier molecular flexibility index (Phi) is 3.66. The average Bonchev–Trinajstić information content (AvgIpc) is 2.98. The third-order valence-corrected chi connectivity index (χ3v) is 5.47. The summed E-state index contributed by atoms with van der Waals surface area (Å²) in [5.74, 6) is 2.45. The van der Waals surface area contributed by atoms with Gasteiger partial charge in [0.15, 0.2) is 0 Å². The van der Waals surface area contributed by atoms with Crippen LogP contribution in [-0.2, 0) is 0 Å². The minimum atomic E-state index is -0.321. The quantitative estimate of drug-likeness (QED) is 0.736. The van der Waals surface area contributed by atoms with Gasteiger partial charge in [0.05, 0.1) is 6.10 Å². The van der Waals surface area contributed by atoms with Crippen molar-refractivity contribution in [2.45, 2.75) is 66.4 Å². The van der Waals surface area contributed by atoms with E-state index in [1.165, 1.54) is 25.7 Å². The molecule has 1 nitrogen and oxygen atoms in total. The van der Waals surface area contributed by atoms with Gasteiger partial charge in [-0.05, 0) is 61.2 Å². The van der Waals surface area contributed by atoms with Gasteiger partial charge in [-0.25, -0.2) is 0 Å². The highest BCUT2D eigenvalue weighted by Gasteiger charge is 2.51. The van der Waals surface area contributed by atoms with Gasteiger partial charge in [-0.2, -0.15) is 0 Å². The molecule has 2 fully saturated rings. The highest BCUT2D eigenvalue weighted by molar-refractivity contribution is 5.09. The zero-order chi connectivity index (χ0) is 13.6. The van der Waals surface area contributed by atoms with Gasteiger partial charge < -0.3 is 5.11 Å². The van der Waals surface area contributed by atoms with Crippen molar-refractivity contribution in [2.75, 3.05) is 0 Å². The molecular weight excluding hydrogens is 220 g/mol. The number of aliphatic hydroxyl groups excluding tert-OH is 1. The minimum absolute atomic E-state index is 0.321. The fourth-order valence-corrected chi connectivity index (χ4v) is 4.41. The van der Waals surface area contributed by atoms with Crippen molar-refractivity contribution in [3.8, 4) is 0 Å². The maximum Gasteiger partial charge on any atom is 0.0692 e. The summed E-state index contributed by atoms with van der Waals surface area (Å²) in [4.78, 5) is 0. The first-order chi connectivity index (χ1) is 8.25. The molecule has 2 aliphatic rings. The predicted molar refractivity (Wildman–Crippen MR) is 77.3 cm³/mol. The Hall–Kier alpha value is -0.300. The van der Waals surface area contributed by atoms with Crippen LogP contribution in [0.2, 0.25) is 0 Å². The van der Waals surface area contributed by atoms with Crippen LogP contribution in [0, 0.1) is 28.6 Å². The third-order valence-electron chi connectivity index (χ3n) is 5.47. The molecule has 0 aromatic heterocycles. The zero-order valence-corrected chi connectivity index (χ0v) is 12.7. The lowest BCUT2D eigenvalue weighted by Gasteiger charge is -2.53. The summed E-state index contributed by atoms with van der Waals surface area (Å²) in [6, 6.07) is 0. The molecule has 0 radical (unpaired) electrons. The average molecular weight is 250 g/mol. The SMILES string of the molecule is CC(O)/C=C/C1C(C)(C)CCC(C2CC2)C1(C)C. The lowest BCUT2D eigenvalue weighted by Crippen LogP contribution is -2.45. The highest BCUT2D eigenvalue weighted by atomic mass is 16.3. The van der Waals surface area contributed by atoms with E-state index in [1.54, 1.807) is 0 Å². The summed E-state index contributed by atoms with van der Waals surface area (Å²) < 4.78 is 0. The maximum absolute atomic E-state index is 9.52. The van der Waals surface area contributed by atoms with E-state index in [-0.39, 0.29) is 6.10 Å². The Labute approximate surface area is 113 Å². The molecule has 0 aromatic rings. The Bertz CT molecular complexity index is 321. The summed E-state index contributed by atoms with van der Waals surface area (Å²) in [5.41, 5.74) is 0.731. The van der Waals surface area contributed by atoms with E-state index in [9.17, 15) is 5.11 Å². The van der Waals surface area contributed by atoms with Crippen LogP contribution in [0.1, 0.15) is 60.3 Å². The summed E-state index contributed by atoms with van der Waals surface area (Å²) >= 11 is 0. The lowest BCUT2D eigenvalue weighted by atomic mass is 9.52. The number of rotatable bonds is 3. The molecule has 1 heteroatoms. The summed E-state index contributed by atoms with van der Waals surface area (Å²) in [7, 11) is 0. The zero-order valence-electron chi connectivity index (χ0n) is 12.7. The van der Waals surface area contributed by atoms with Crippen molar-refractivity contribution in [1.82, 2.24) is 0 Å². The van der Waals surface area contributed by atoms with E-state index in [4.69, 9.17) is 0 Å². The number of allylic oxidation sites excluding steroid dienone is 1. The van der Waals surface area contributed by atoms with Crippen molar-refractivity contribution >= 4 is 0 Å². The Balaban J connectivity index is 2.23. The molecule has 0 spiro atoms. The molecule has 0 heterocycles. The van der Waals surface area contributed by atoms with Gasteiger partial charge >= 0.3 is 0 Å². The van der Waals surface area contributed by atoms with Gasteiger partial charge in [0.1, 0.15) is 0 Å². The summed E-state index contributed by atoms with van der Waals surface area (Å²) in [5, 5.41) is 9.52. The molecule has 0 aromatic carbocycles. The molecule has 0 aliphatic heterocycles. The standard InChI is InChI=1S/C17H30O/c1-12(18)6-9-15-16(2,3)11-10-14(13-7-8-13)17(15,4)5/h6,9,12-15,18H,7-8,10-11H2,1-5H3/b9-6+. The first-order valence-electron chi connectivity index (χ1n) is 7.61. The van der Waals surface area contributed by atoms with Crippen molar-refractivity contribution in [3.05, 3.63) is 12.2 Å². The minimum Gasteiger partial charge on any atom is -0.389 e. The number of hydrogen-bond donors (Lipinski definition) is 1. The molecule has 3 unspecified atom stereocenters. The van der Waals surface area contributed by atoms with E-state index < -0.39 is 0 Å². The van der Waals surface area contributed by atoms with Crippen molar-refractivity contribution in [2.24, 2.45) is 28.6 Å². The molecule has 0 bridgehead atoms. The fourth-order valence-electron chi connectivity index (χ4n) is 4.41. The Morgan fingerprint density at radius 2 is 1.72 bits per heavy atom. The second-order valence-electron chi connectivity index (χ2n) is 7.90. The van der Waals surface area contributed by atoms with Gasteiger partial charge in [-0.15, -0.1) is 0 Å². The first-order valence-corrected chi connectivity index (χ1v) is 7.61. The normalized spacial score (nSPS) is 36.8. The second-order valence-corrected chi connectivity index (χ2v) is 7.90. The van der Waals surface area contributed by atoms with Crippen LogP contribution in [0.25, 0.3) is 0 Å². The van der Waals surface area contributed by atoms with Crippen molar-refractivity contribution in [1.29, 1.82) is 0 Å².